The topological polar surface area (TPSA) is 88.0 Å². The van der Waals surface area contributed by atoms with Gasteiger partial charge >= 0.3 is 6.36 Å². The number of nitriles is 1. The monoisotopic (exact) mass is 357 g/mol. The van der Waals surface area contributed by atoms with E-state index < -0.39 is 17.7 Å². The van der Waals surface area contributed by atoms with Crippen LogP contribution in [0.2, 0.25) is 0 Å². The molecule has 0 saturated carbocycles. The van der Waals surface area contributed by atoms with Gasteiger partial charge in [-0.2, -0.15) is 5.26 Å². The smallest absolute Gasteiger partial charge is 0.493 e. The quantitative estimate of drug-likeness (QED) is 0.669. The number of alkyl halides is 3. The summed E-state index contributed by atoms with van der Waals surface area (Å²) in [7, 11) is 1.19. The second-order valence-electron chi connectivity index (χ2n) is 4.32. The van der Waals surface area contributed by atoms with Gasteiger partial charge in [0.15, 0.2) is 16.7 Å². The van der Waals surface area contributed by atoms with E-state index >= 15 is 0 Å². The largest absolute Gasteiger partial charge is 0.573 e. The van der Waals surface area contributed by atoms with Gasteiger partial charge < -0.3 is 14.5 Å². The molecule has 0 atom stereocenters. The summed E-state index contributed by atoms with van der Waals surface area (Å²) in [6.07, 6.45) is -3.27. The van der Waals surface area contributed by atoms with Crippen LogP contribution in [0.1, 0.15) is 5.56 Å². The molecular weight excluding hydrogens is 347 g/mol. The summed E-state index contributed by atoms with van der Waals surface area (Å²) in [6.45, 7) is 0. The number of halogens is 3. The van der Waals surface area contributed by atoms with Gasteiger partial charge in [-0.15, -0.1) is 13.2 Å². The standard InChI is InChI=1S/C14H10F3N3O3S/c1-22-9-4-3-7(5-10(9)23-14(15,16)17)11-8(6-18)12(21)20-13(19-11)24-2/h3-5H,1-2H3,(H,19,20,21). The zero-order valence-electron chi connectivity index (χ0n) is 12.4. The SMILES string of the molecule is COc1ccc(-c2nc(SC)[nH]c(=O)c2C#N)cc1OC(F)(F)F. The molecule has 2 rings (SSSR count). The zero-order valence-corrected chi connectivity index (χ0v) is 13.2. The summed E-state index contributed by atoms with van der Waals surface area (Å²) in [5.41, 5.74) is -0.912. The highest BCUT2D eigenvalue weighted by atomic mass is 32.2. The number of nitrogens with zero attached hydrogens (tertiary/aromatic N) is 2. The van der Waals surface area contributed by atoms with Gasteiger partial charge in [0.05, 0.1) is 12.8 Å². The highest BCUT2D eigenvalue weighted by molar-refractivity contribution is 7.98. The zero-order chi connectivity index (χ0) is 17.9. The predicted octanol–water partition coefficient (Wildman–Crippen LogP) is 2.94. The first-order chi connectivity index (χ1) is 11.3. The van der Waals surface area contributed by atoms with Gasteiger partial charge in [-0.3, -0.25) is 4.79 Å². The van der Waals surface area contributed by atoms with E-state index in [2.05, 4.69) is 14.7 Å². The lowest BCUT2D eigenvalue weighted by atomic mass is 10.1. The summed E-state index contributed by atoms with van der Waals surface area (Å²) in [5.74, 6) is -0.747. The summed E-state index contributed by atoms with van der Waals surface area (Å²) in [6, 6.07) is 5.33. The van der Waals surface area contributed by atoms with Crippen LogP contribution in [0.3, 0.4) is 0 Å². The normalized spacial score (nSPS) is 11.0. The number of nitrogens with one attached hydrogen (secondary N) is 1. The number of hydrogen-bond acceptors (Lipinski definition) is 6. The van der Waals surface area contributed by atoms with Crippen LogP contribution in [0.5, 0.6) is 11.5 Å². The summed E-state index contributed by atoms with van der Waals surface area (Å²) < 4.78 is 46.3. The number of aromatic nitrogens is 2. The highest BCUT2D eigenvalue weighted by Gasteiger charge is 2.32. The van der Waals surface area contributed by atoms with Gasteiger partial charge in [0.25, 0.3) is 5.56 Å². The molecule has 1 aromatic carbocycles. The Hall–Kier alpha value is -2.67. The minimum absolute atomic E-state index is 0.0414. The van der Waals surface area contributed by atoms with E-state index in [1.165, 1.54) is 19.2 Å². The molecule has 0 saturated heterocycles. The van der Waals surface area contributed by atoms with Gasteiger partial charge in [0.1, 0.15) is 11.6 Å². The van der Waals surface area contributed by atoms with Crippen molar-refractivity contribution in [3.63, 3.8) is 0 Å². The Balaban J connectivity index is 2.66. The van der Waals surface area contributed by atoms with E-state index in [0.717, 1.165) is 17.8 Å². The van der Waals surface area contributed by atoms with Crippen LogP contribution in [0, 0.1) is 11.3 Å². The molecule has 0 amide bonds. The Morgan fingerprint density at radius 3 is 2.58 bits per heavy atom. The molecule has 0 spiro atoms. The third-order valence-electron chi connectivity index (χ3n) is 2.87. The lowest BCUT2D eigenvalue weighted by Crippen LogP contribution is -2.18. The van der Waals surface area contributed by atoms with Crippen LogP contribution < -0.4 is 15.0 Å². The Morgan fingerprint density at radius 1 is 1.33 bits per heavy atom. The molecule has 0 bridgehead atoms. The average Bonchev–Trinajstić information content (AvgIpc) is 2.52. The van der Waals surface area contributed by atoms with E-state index in [1.807, 2.05) is 0 Å². The van der Waals surface area contributed by atoms with Crippen LogP contribution in [0.4, 0.5) is 13.2 Å². The number of thioether (sulfide) groups is 1. The minimum Gasteiger partial charge on any atom is -0.493 e. The fourth-order valence-electron chi connectivity index (χ4n) is 1.89. The molecule has 0 aliphatic heterocycles. The number of benzene rings is 1. The van der Waals surface area contributed by atoms with E-state index in [1.54, 1.807) is 12.3 Å². The highest BCUT2D eigenvalue weighted by Crippen LogP contribution is 2.36. The lowest BCUT2D eigenvalue weighted by Gasteiger charge is -2.14. The van der Waals surface area contributed by atoms with Gasteiger partial charge in [-0.05, 0) is 24.5 Å². The third-order valence-corrected chi connectivity index (χ3v) is 3.45. The second-order valence-corrected chi connectivity index (χ2v) is 5.12. The van der Waals surface area contributed by atoms with Crippen molar-refractivity contribution in [3.05, 3.63) is 34.1 Å². The molecule has 0 fully saturated rings. The van der Waals surface area contributed by atoms with Crippen molar-refractivity contribution in [2.24, 2.45) is 0 Å². The van der Waals surface area contributed by atoms with Crippen molar-refractivity contribution < 1.29 is 22.6 Å². The van der Waals surface area contributed by atoms with Crippen LogP contribution in [0.25, 0.3) is 11.3 Å². The van der Waals surface area contributed by atoms with Gasteiger partial charge in [0, 0.05) is 5.56 Å². The Bertz CT molecular complexity index is 859. The number of aromatic amines is 1. The molecule has 1 heterocycles. The van der Waals surface area contributed by atoms with Gasteiger partial charge in [0.2, 0.25) is 0 Å². The Labute approximate surface area is 138 Å². The molecule has 0 aliphatic rings. The van der Waals surface area contributed by atoms with Crippen molar-refractivity contribution in [2.45, 2.75) is 11.5 Å². The molecule has 126 valence electrons. The molecular formula is C14H10F3N3O3S. The van der Waals surface area contributed by atoms with E-state index in [-0.39, 0.29) is 27.7 Å². The molecule has 1 N–H and O–H groups in total. The first kappa shape index (κ1) is 17.7. The predicted molar refractivity (Wildman–Crippen MR) is 80.0 cm³/mol. The van der Waals surface area contributed by atoms with Gasteiger partial charge in [-0.25, -0.2) is 4.98 Å². The molecule has 0 radical (unpaired) electrons. The molecule has 0 unspecified atom stereocenters. The first-order valence-corrected chi connectivity index (χ1v) is 7.54. The van der Waals surface area contributed by atoms with Crippen molar-refractivity contribution in [1.82, 2.24) is 9.97 Å². The van der Waals surface area contributed by atoms with Crippen molar-refractivity contribution in [1.29, 1.82) is 5.26 Å². The molecule has 2 aromatic rings. The van der Waals surface area contributed by atoms with Crippen molar-refractivity contribution >= 4 is 11.8 Å². The third kappa shape index (κ3) is 3.80. The maximum absolute atomic E-state index is 12.5. The van der Waals surface area contributed by atoms with E-state index in [9.17, 15) is 18.0 Å². The lowest BCUT2D eigenvalue weighted by molar-refractivity contribution is -0.275. The fraction of sp³-hybridized carbons (Fsp3) is 0.214. The molecule has 0 aliphatic carbocycles. The average molecular weight is 357 g/mol. The maximum Gasteiger partial charge on any atom is 0.573 e. The van der Waals surface area contributed by atoms with Crippen LogP contribution in [0.15, 0.2) is 28.2 Å². The van der Waals surface area contributed by atoms with Crippen LogP contribution >= 0.6 is 11.8 Å². The van der Waals surface area contributed by atoms with Crippen molar-refractivity contribution in [2.75, 3.05) is 13.4 Å². The summed E-state index contributed by atoms with van der Waals surface area (Å²) >= 11 is 1.12. The fourth-order valence-corrected chi connectivity index (χ4v) is 2.27. The number of rotatable bonds is 4. The Kier molecular flexibility index (Phi) is 5.04. The van der Waals surface area contributed by atoms with E-state index in [4.69, 9.17) is 10.00 Å². The second kappa shape index (κ2) is 6.84. The van der Waals surface area contributed by atoms with Crippen molar-refractivity contribution in [3.8, 4) is 28.8 Å². The molecule has 24 heavy (non-hydrogen) atoms. The first-order valence-electron chi connectivity index (χ1n) is 6.31. The number of hydrogen-bond donors (Lipinski definition) is 1. The molecule has 10 heteroatoms. The summed E-state index contributed by atoms with van der Waals surface area (Å²) in [5, 5.41) is 9.35. The number of H-pyrrole nitrogens is 1. The molecule has 1 aromatic heterocycles. The Morgan fingerprint density at radius 2 is 2.04 bits per heavy atom. The number of methoxy groups -OCH3 is 1. The van der Waals surface area contributed by atoms with Gasteiger partial charge in [-0.1, -0.05) is 11.8 Å². The van der Waals surface area contributed by atoms with Crippen LogP contribution in [-0.2, 0) is 0 Å². The maximum atomic E-state index is 12.5. The van der Waals surface area contributed by atoms with E-state index in [0.29, 0.717) is 0 Å². The summed E-state index contributed by atoms with van der Waals surface area (Å²) in [4.78, 5) is 18.4. The molecule has 6 nitrogen and oxygen atoms in total. The minimum atomic E-state index is -4.92. The van der Waals surface area contributed by atoms with Crippen LogP contribution in [-0.4, -0.2) is 29.7 Å². The number of ether oxygens (including phenoxy) is 2.